The lowest BCUT2D eigenvalue weighted by molar-refractivity contribution is 0.440. The molecule has 0 atom stereocenters. The van der Waals surface area contributed by atoms with Crippen LogP contribution < -0.4 is 4.90 Å². The van der Waals surface area contributed by atoms with Crippen LogP contribution in [-0.4, -0.2) is 12.3 Å². The molecule has 1 fully saturated rings. The summed E-state index contributed by atoms with van der Waals surface area (Å²) in [6.07, 6.45) is 7.83. The fourth-order valence-corrected chi connectivity index (χ4v) is 4.57. The molecular weight excluding hydrogens is 280 g/mol. The Morgan fingerprint density at radius 3 is 2.70 bits per heavy atom. The maximum absolute atomic E-state index is 5.20. The van der Waals surface area contributed by atoms with Crippen LogP contribution in [0, 0.1) is 5.92 Å². The van der Waals surface area contributed by atoms with Gasteiger partial charge in [0.05, 0.1) is 22.8 Å². The molecule has 0 spiro atoms. The van der Waals surface area contributed by atoms with E-state index < -0.39 is 0 Å². The highest BCUT2D eigenvalue weighted by atomic mass is 15.2. The van der Waals surface area contributed by atoms with Gasteiger partial charge in [0.25, 0.3) is 0 Å². The number of nitrogens with zero attached hydrogens (tertiary/aromatic N) is 2. The molecule has 2 heterocycles. The van der Waals surface area contributed by atoms with E-state index >= 15 is 0 Å². The summed E-state index contributed by atoms with van der Waals surface area (Å²) in [5, 5.41) is 0. The van der Waals surface area contributed by atoms with Crippen molar-refractivity contribution in [3.8, 4) is 0 Å². The Bertz CT molecular complexity index is 784. The molecule has 0 unspecified atom stereocenters. The second-order valence-corrected chi connectivity index (χ2v) is 7.04. The predicted octanol–water partition coefficient (Wildman–Crippen LogP) is 5.40. The van der Waals surface area contributed by atoms with Crippen LogP contribution in [0.1, 0.15) is 43.2 Å². The average Bonchev–Trinajstić information content (AvgIpc) is 2.98. The maximum Gasteiger partial charge on any atom is 0.0870 e. The SMILES string of the molecule is c1ccc2c(c1)N=C(C1CCCCC1)c1cccc3c1N2CC3. The van der Waals surface area contributed by atoms with Crippen LogP contribution >= 0.6 is 0 Å². The molecule has 0 N–H and O–H groups in total. The number of benzene rings is 2. The van der Waals surface area contributed by atoms with Gasteiger partial charge in [-0.1, -0.05) is 49.6 Å². The molecule has 0 bridgehead atoms. The standard InChI is InChI=1S/C21H22N2/c1-2-7-15(8-3-1)20-17-10-6-9-16-13-14-23(21(16)17)19-12-5-4-11-18(19)22-20/h4-6,9-12,15H,1-3,7-8,13-14H2. The monoisotopic (exact) mass is 302 g/mol. The van der Waals surface area contributed by atoms with Gasteiger partial charge in [-0.15, -0.1) is 0 Å². The molecule has 2 heteroatoms. The van der Waals surface area contributed by atoms with Crippen LogP contribution in [0.15, 0.2) is 47.5 Å². The number of hydrogen-bond donors (Lipinski definition) is 0. The van der Waals surface area contributed by atoms with Gasteiger partial charge in [-0.25, -0.2) is 0 Å². The highest BCUT2D eigenvalue weighted by Crippen LogP contribution is 2.46. The van der Waals surface area contributed by atoms with E-state index in [-0.39, 0.29) is 0 Å². The van der Waals surface area contributed by atoms with E-state index in [4.69, 9.17) is 4.99 Å². The Morgan fingerprint density at radius 1 is 0.913 bits per heavy atom. The molecule has 0 amide bonds. The number of aliphatic imine (C=N–C) groups is 1. The van der Waals surface area contributed by atoms with Gasteiger partial charge in [0.1, 0.15) is 0 Å². The first-order valence-electron chi connectivity index (χ1n) is 8.99. The molecule has 2 nitrogen and oxygen atoms in total. The number of anilines is 2. The van der Waals surface area contributed by atoms with Crippen molar-refractivity contribution in [3.05, 3.63) is 53.6 Å². The Morgan fingerprint density at radius 2 is 1.78 bits per heavy atom. The molecule has 5 rings (SSSR count). The highest BCUT2D eigenvalue weighted by Gasteiger charge is 2.32. The third-order valence-electron chi connectivity index (χ3n) is 5.68. The van der Waals surface area contributed by atoms with E-state index in [1.54, 1.807) is 0 Å². The smallest absolute Gasteiger partial charge is 0.0870 e. The lowest BCUT2D eigenvalue weighted by Gasteiger charge is -2.25. The average molecular weight is 302 g/mol. The summed E-state index contributed by atoms with van der Waals surface area (Å²) >= 11 is 0. The topological polar surface area (TPSA) is 15.6 Å². The first kappa shape index (κ1) is 13.4. The van der Waals surface area contributed by atoms with E-state index in [0.717, 1.165) is 18.7 Å². The van der Waals surface area contributed by atoms with Crippen molar-refractivity contribution in [2.45, 2.75) is 38.5 Å². The van der Waals surface area contributed by atoms with E-state index in [1.807, 2.05) is 0 Å². The van der Waals surface area contributed by atoms with Gasteiger partial charge in [-0.05, 0) is 37.0 Å². The first-order valence-corrected chi connectivity index (χ1v) is 8.99. The van der Waals surface area contributed by atoms with E-state index in [9.17, 15) is 0 Å². The van der Waals surface area contributed by atoms with Crippen LogP contribution in [0.5, 0.6) is 0 Å². The fourth-order valence-electron chi connectivity index (χ4n) is 4.57. The maximum atomic E-state index is 5.20. The molecule has 3 aliphatic rings. The van der Waals surface area contributed by atoms with Crippen molar-refractivity contribution < 1.29 is 0 Å². The van der Waals surface area contributed by atoms with Crippen molar-refractivity contribution >= 4 is 22.8 Å². The summed E-state index contributed by atoms with van der Waals surface area (Å²) < 4.78 is 0. The molecule has 0 aromatic heterocycles. The molecule has 1 aliphatic carbocycles. The van der Waals surface area contributed by atoms with Crippen molar-refractivity contribution in [1.29, 1.82) is 0 Å². The van der Waals surface area contributed by atoms with Crippen molar-refractivity contribution in [1.82, 2.24) is 0 Å². The van der Waals surface area contributed by atoms with E-state index in [1.165, 1.54) is 60.3 Å². The third kappa shape index (κ3) is 2.04. The number of fused-ring (bicyclic) bond motifs is 2. The number of para-hydroxylation sites is 3. The minimum Gasteiger partial charge on any atom is -0.339 e. The summed E-state index contributed by atoms with van der Waals surface area (Å²) in [6.45, 7) is 1.08. The predicted molar refractivity (Wildman–Crippen MR) is 96.4 cm³/mol. The Kier molecular flexibility index (Phi) is 3.04. The molecular formula is C21H22N2. The highest BCUT2D eigenvalue weighted by molar-refractivity contribution is 6.11. The molecule has 0 radical (unpaired) electrons. The van der Waals surface area contributed by atoms with Gasteiger partial charge < -0.3 is 4.90 Å². The molecule has 0 saturated heterocycles. The Labute approximate surface area is 137 Å². The summed E-state index contributed by atoms with van der Waals surface area (Å²) in [4.78, 5) is 7.70. The lowest BCUT2D eigenvalue weighted by Crippen LogP contribution is -2.20. The molecule has 116 valence electrons. The zero-order chi connectivity index (χ0) is 15.2. The van der Waals surface area contributed by atoms with Gasteiger partial charge in [0.15, 0.2) is 0 Å². The number of rotatable bonds is 1. The normalized spacial score (nSPS) is 19.8. The fraction of sp³-hybridized carbons (Fsp3) is 0.381. The summed E-state index contributed by atoms with van der Waals surface area (Å²) in [6, 6.07) is 15.5. The van der Waals surface area contributed by atoms with E-state index in [0.29, 0.717) is 5.92 Å². The number of hydrogen-bond acceptors (Lipinski definition) is 2. The van der Waals surface area contributed by atoms with Gasteiger partial charge >= 0.3 is 0 Å². The second-order valence-electron chi connectivity index (χ2n) is 7.04. The van der Waals surface area contributed by atoms with Crippen LogP contribution in [0.3, 0.4) is 0 Å². The Balaban J connectivity index is 1.75. The second kappa shape index (κ2) is 5.23. The molecule has 1 saturated carbocycles. The van der Waals surface area contributed by atoms with Crippen LogP contribution in [0.4, 0.5) is 17.1 Å². The Hall–Kier alpha value is -2.09. The lowest BCUT2D eigenvalue weighted by atomic mass is 9.82. The van der Waals surface area contributed by atoms with Crippen LogP contribution in [0.2, 0.25) is 0 Å². The summed E-state index contributed by atoms with van der Waals surface area (Å²) in [7, 11) is 0. The molecule has 2 aromatic rings. The third-order valence-corrected chi connectivity index (χ3v) is 5.68. The van der Waals surface area contributed by atoms with Crippen LogP contribution in [-0.2, 0) is 6.42 Å². The summed E-state index contributed by atoms with van der Waals surface area (Å²) in [5.74, 6) is 0.629. The molecule has 2 aromatic carbocycles. The first-order chi connectivity index (χ1) is 11.4. The van der Waals surface area contributed by atoms with Gasteiger partial charge in [-0.3, -0.25) is 4.99 Å². The molecule has 2 aliphatic heterocycles. The quantitative estimate of drug-likeness (QED) is 0.689. The van der Waals surface area contributed by atoms with Crippen molar-refractivity contribution in [2.75, 3.05) is 11.4 Å². The minimum absolute atomic E-state index is 0.629. The van der Waals surface area contributed by atoms with Crippen molar-refractivity contribution in [3.63, 3.8) is 0 Å². The van der Waals surface area contributed by atoms with Gasteiger partial charge in [0.2, 0.25) is 0 Å². The summed E-state index contributed by atoms with van der Waals surface area (Å²) in [5.41, 5.74) is 8.09. The van der Waals surface area contributed by atoms with Crippen LogP contribution in [0.25, 0.3) is 0 Å². The van der Waals surface area contributed by atoms with Gasteiger partial charge in [0, 0.05) is 18.0 Å². The zero-order valence-electron chi connectivity index (χ0n) is 13.5. The van der Waals surface area contributed by atoms with Gasteiger partial charge in [-0.2, -0.15) is 0 Å². The van der Waals surface area contributed by atoms with Crippen molar-refractivity contribution in [2.24, 2.45) is 10.9 Å². The zero-order valence-corrected chi connectivity index (χ0v) is 13.5. The minimum atomic E-state index is 0.629. The molecule has 23 heavy (non-hydrogen) atoms. The van der Waals surface area contributed by atoms with E-state index in [2.05, 4.69) is 47.4 Å². The largest absolute Gasteiger partial charge is 0.339 e.